The van der Waals surface area contributed by atoms with Crippen LogP contribution in [0.25, 0.3) is 5.83 Å². The molecule has 0 fully saturated rings. The highest BCUT2D eigenvalue weighted by atomic mass is 35.5. The van der Waals surface area contributed by atoms with Crippen molar-refractivity contribution in [2.75, 3.05) is 0 Å². The van der Waals surface area contributed by atoms with Gasteiger partial charge in [-0.2, -0.15) is 26.3 Å². The van der Waals surface area contributed by atoms with Gasteiger partial charge in [-0.05, 0) is 36.3 Å². The molecule has 0 saturated carbocycles. The van der Waals surface area contributed by atoms with Crippen molar-refractivity contribution in [2.45, 2.75) is 44.1 Å². The van der Waals surface area contributed by atoms with Crippen LogP contribution in [0.4, 0.5) is 30.7 Å². The highest BCUT2D eigenvalue weighted by molar-refractivity contribution is 6.48. The van der Waals surface area contributed by atoms with Crippen LogP contribution in [0.3, 0.4) is 0 Å². The lowest BCUT2D eigenvalue weighted by atomic mass is 9.93. The second-order valence-electron chi connectivity index (χ2n) is 7.39. The first kappa shape index (κ1) is 28.4. The van der Waals surface area contributed by atoms with E-state index in [1.165, 1.54) is 0 Å². The van der Waals surface area contributed by atoms with Crippen LogP contribution in [-0.2, 0) is 6.18 Å². The molecule has 2 N–H and O–H groups in total. The average Bonchev–Trinajstić information content (AvgIpc) is 2.73. The summed E-state index contributed by atoms with van der Waals surface area (Å²) in [6.07, 6.45) is -10.1. The number of carbonyl (C=O) groups is 1. The molecule has 0 heterocycles. The van der Waals surface area contributed by atoms with E-state index in [1.807, 2.05) is 0 Å². The van der Waals surface area contributed by atoms with E-state index < -0.39 is 58.2 Å². The van der Waals surface area contributed by atoms with E-state index in [1.54, 1.807) is 6.92 Å². The predicted octanol–water partition coefficient (Wildman–Crippen LogP) is 8.63. The number of carbonyl (C=O) groups excluding carboxylic acids is 1. The Morgan fingerprint density at radius 3 is 2.06 bits per heavy atom. The second kappa shape index (κ2) is 10.8. The number of alkyl halides is 6. The molecular weight excluding hydrogens is 534 g/mol. The van der Waals surface area contributed by atoms with E-state index in [0.717, 1.165) is 24.3 Å². The number of allylic oxidation sites excluding steroid dienone is 1. The highest BCUT2D eigenvalue weighted by Gasteiger charge is 2.41. The highest BCUT2D eigenvalue weighted by Crippen LogP contribution is 2.43. The lowest BCUT2D eigenvalue weighted by molar-refractivity contribution is -0.140. The zero-order valence-electron chi connectivity index (χ0n) is 17.3. The number of benzene rings is 2. The van der Waals surface area contributed by atoms with Gasteiger partial charge in [0.15, 0.2) is 5.78 Å². The topological polar surface area (TPSA) is 43.1 Å². The number of rotatable bonds is 7. The summed E-state index contributed by atoms with van der Waals surface area (Å²) < 4.78 is 96.6. The van der Waals surface area contributed by atoms with Crippen molar-refractivity contribution in [1.29, 1.82) is 0 Å². The third kappa shape index (κ3) is 6.87. The van der Waals surface area contributed by atoms with Gasteiger partial charge in [0.1, 0.15) is 11.7 Å². The van der Waals surface area contributed by atoms with E-state index in [-0.39, 0.29) is 33.6 Å². The van der Waals surface area contributed by atoms with Crippen molar-refractivity contribution in [2.24, 2.45) is 5.73 Å². The van der Waals surface area contributed by atoms with Crippen molar-refractivity contribution in [3.8, 4) is 0 Å². The van der Waals surface area contributed by atoms with Gasteiger partial charge in [0.25, 0.3) is 0 Å². The van der Waals surface area contributed by atoms with Crippen molar-refractivity contribution in [3.63, 3.8) is 0 Å². The Balaban J connectivity index is 2.58. The van der Waals surface area contributed by atoms with Crippen LogP contribution in [0, 0.1) is 0 Å². The summed E-state index contributed by atoms with van der Waals surface area (Å²) in [5.41, 5.74) is 2.02. The molecule has 0 spiro atoms. The summed E-state index contributed by atoms with van der Waals surface area (Å²) in [6.45, 7) is 1.64. The van der Waals surface area contributed by atoms with E-state index in [4.69, 9.17) is 40.5 Å². The first-order valence-corrected chi connectivity index (χ1v) is 10.8. The average molecular weight is 551 g/mol. The molecule has 2 aromatic rings. The lowest BCUT2D eigenvalue weighted by Gasteiger charge is -2.19. The molecule has 0 aliphatic heterocycles. The number of hydrogen-bond donors (Lipinski definition) is 1. The van der Waals surface area contributed by atoms with Gasteiger partial charge in [0, 0.05) is 23.6 Å². The number of Topliss-reactive ketones (excluding diaryl/α,β-unsaturated/α-hetero) is 1. The maximum Gasteiger partial charge on any atom is 0.417 e. The summed E-state index contributed by atoms with van der Waals surface area (Å²) >= 11 is 17.3. The minimum atomic E-state index is -5.07. The normalized spacial score (nSPS) is 14.8. The van der Waals surface area contributed by atoms with Gasteiger partial charge in [-0.1, -0.05) is 53.9 Å². The molecule has 0 aromatic heterocycles. The monoisotopic (exact) mass is 549 g/mol. The summed E-state index contributed by atoms with van der Waals surface area (Å²) in [5, 5.41) is -0.852. The predicted molar refractivity (Wildman–Crippen MR) is 118 cm³/mol. The van der Waals surface area contributed by atoms with Gasteiger partial charge in [0.2, 0.25) is 0 Å². The molecule has 34 heavy (non-hydrogen) atoms. The Labute approximate surface area is 205 Å². The zero-order valence-corrected chi connectivity index (χ0v) is 19.6. The van der Waals surface area contributed by atoms with E-state index in [9.17, 15) is 35.5 Å². The van der Waals surface area contributed by atoms with Gasteiger partial charge in [-0.25, -0.2) is 4.39 Å². The maximum atomic E-state index is 14.8. The first-order valence-electron chi connectivity index (χ1n) is 9.65. The van der Waals surface area contributed by atoms with Crippen molar-refractivity contribution in [1.82, 2.24) is 0 Å². The summed E-state index contributed by atoms with van der Waals surface area (Å²) in [5.74, 6) is -5.12. The van der Waals surface area contributed by atoms with Gasteiger partial charge in [-0.15, -0.1) is 0 Å². The quantitative estimate of drug-likeness (QED) is 0.213. The molecule has 2 rings (SSSR count). The fourth-order valence-electron chi connectivity index (χ4n) is 3.04. The van der Waals surface area contributed by atoms with Crippen LogP contribution >= 0.6 is 34.8 Å². The smallest absolute Gasteiger partial charge is 0.327 e. The number of halogens is 10. The molecule has 0 radical (unpaired) electrons. The molecule has 2 nitrogen and oxygen atoms in total. The summed E-state index contributed by atoms with van der Waals surface area (Å²) in [4.78, 5) is 12.3. The van der Waals surface area contributed by atoms with Crippen LogP contribution in [0.2, 0.25) is 15.1 Å². The van der Waals surface area contributed by atoms with Crippen molar-refractivity contribution < 1.29 is 35.5 Å². The van der Waals surface area contributed by atoms with Crippen LogP contribution in [-0.4, -0.2) is 18.0 Å². The number of hydrogen-bond acceptors (Lipinski definition) is 2. The van der Waals surface area contributed by atoms with Crippen LogP contribution < -0.4 is 5.73 Å². The fourth-order valence-corrected chi connectivity index (χ4v) is 3.65. The van der Waals surface area contributed by atoms with Crippen LogP contribution in [0.1, 0.15) is 52.7 Å². The van der Waals surface area contributed by atoms with Gasteiger partial charge >= 0.3 is 12.4 Å². The largest absolute Gasteiger partial charge is 0.417 e. The first-order chi connectivity index (χ1) is 15.6. The molecule has 0 aliphatic carbocycles. The van der Waals surface area contributed by atoms with Gasteiger partial charge in [-0.3, -0.25) is 4.79 Å². The molecule has 1 unspecified atom stereocenters. The molecule has 2 atom stereocenters. The molecular formula is C22H17Cl3F7NO. The van der Waals surface area contributed by atoms with Crippen molar-refractivity contribution in [3.05, 3.63) is 73.7 Å². The van der Waals surface area contributed by atoms with Crippen LogP contribution in [0.15, 0.2) is 36.4 Å². The Hall–Kier alpha value is -1.81. The summed E-state index contributed by atoms with van der Waals surface area (Å²) in [7, 11) is 0. The maximum absolute atomic E-state index is 14.8. The minimum Gasteiger partial charge on any atom is -0.327 e. The molecule has 0 bridgehead atoms. The third-order valence-electron chi connectivity index (χ3n) is 4.90. The second-order valence-corrected chi connectivity index (χ2v) is 8.58. The molecule has 186 valence electrons. The zero-order chi connectivity index (χ0) is 26.0. The Bertz CT molecular complexity index is 1070. The Kier molecular flexibility index (Phi) is 9.07. The SMILES string of the molecule is CC[C@H](N)CC(=O)c1ccc(/C(F)=C/C(c2cc(Cl)c(Cl)c(Cl)c2)C(F)(F)F)cc1C(F)(F)F. The van der Waals surface area contributed by atoms with Crippen LogP contribution in [0.5, 0.6) is 0 Å². The number of ketones is 1. The standard InChI is InChI=1S/C22H17Cl3F7NO/c1-2-12(33)8-19(34)13-4-3-10(5-15(13)22(30,31)32)18(26)9-14(21(27,28)29)11-6-16(23)20(25)17(24)7-11/h3-7,9,12,14H,2,8,33H2,1H3/b18-9-/t12-,14?/m0/s1. The summed E-state index contributed by atoms with van der Waals surface area (Å²) in [6, 6.07) is 2.77. The molecule has 2 aromatic carbocycles. The van der Waals surface area contributed by atoms with E-state index >= 15 is 0 Å². The third-order valence-corrected chi connectivity index (χ3v) is 6.10. The van der Waals surface area contributed by atoms with E-state index in [2.05, 4.69) is 0 Å². The van der Waals surface area contributed by atoms with Crippen molar-refractivity contribution >= 4 is 46.4 Å². The Morgan fingerprint density at radius 2 is 1.59 bits per heavy atom. The molecule has 12 heteroatoms. The lowest BCUT2D eigenvalue weighted by Crippen LogP contribution is -2.24. The molecule has 0 amide bonds. The van der Waals surface area contributed by atoms with E-state index in [0.29, 0.717) is 6.42 Å². The minimum absolute atomic E-state index is 0.0971. The Morgan fingerprint density at radius 1 is 1.03 bits per heavy atom. The molecule has 0 saturated heterocycles. The number of nitrogens with two attached hydrogens (primary N) is 1. The fraction of sp³-hybridized carbons (Fsp3) is 0.318. The molecule has 0 aliphatic rings. The van der Waals surface area contributed by atoms with Gasteiger partial charge in [0.05, 0.1) is 20.6 Å². The van der Waals surface area contributed by atoms with Gasteiger partial charge < -0.3 is 5.73 Å².